The molecule has 1 aromatic heterocycles. The molecule has 0 amide bonds. The van der Waals surface area contributed by atoms with Gasteiger partial charge in [-0.2, -0.15) is 10.4 Å². The van der Waals surface area contributed by atoms with Crippen molar-refractivity contribution in [2.45, 2.75) is 19.4 Å². The lowest BCUT2D eigenvalue weighted by Gasteiger charge is -2.32. The molecule has 0 saturated carbocycles. The highest BCUT2D eigenvalue weighted by molar-refractivity contribution is 5.90. The van der Waals surface area contributed by atoms with E-state index >= 15 is 0 Å². The van der Waals surface area contributed by atoms with Gasteiger partial charge >= 0.3 is 0 Å². The number of fused-ring (bicyclic) bond motifs is 1. The summed E-state index contributed by atoms with van der Waals surface area (Å²) < 4.78 is 7.26. The molecule has 0 radical (unpaired) electrons. The Morgan fingerprint density at radius 2 is 2.32 bits per heavy atom. The summed E-state index contributed by atoms with van der Waals surface area (Å²) in [5.74, 6) is 0. The maximum atomic E-state index is 10.5. The minimum Gasteiger partial charge on any atom is -0.383 e. The molecule has 1 aliphatic heterocycles. The lowest BCUT2D eigenvalue weighted by Crippen LogP contribution is -2.37. The Morgan fingerprint density at radius 1 is 1.56 bits per heavy atom. The van der Waals surface area contributed by atoms with E-state index in [1.807, 2.05) is 25.1 Å². The number of nitrogens with zero attached hydrogens (tertiary/aromatic N) is 4. The predicted molar refractivity (Wildman–Crippen MR) is 97.1 cm³/mol. The molecule has 0 fully saturated rings. The number of aryl methyl sites for hydroxylation is 1. The molecule has 0 saturated heterocycles. The zero-order valence-electron chi connectivity index (χ0n) is 14.6. The summed E-state index contributed by atoms with van der Waals surface area (Å²) in [5, 5.41) is 24.7. The molecule has 0 bridgehead atoms. The van der Waals surface area contributed by atoms with Gasteiger partial charge < -0.3 is 9.84 Å². The van der Waals surface area contributed by atoms with Crippen molar-refractivity contribution in [3.8, 4) is 6.07 Å². The van der Waals surface area contributed by atoms with Crippen LogP contribution < -0.4 is 0 Å². The molecular weight excluding hydrogens is 316 g/mol. The number of aliphatic imine (C=N–C) groups is 1. The fraction of sp³-hybridized carbons (Fsp3) is 0.316. The van der Waals surface area contributed by atoms with Gasteiger partial charge in [-0.1, -0.05) is 6.07 Å². The first-order valence-corrected chi connectivity index (χ1v) is 7.93. The Labute approximate surface area is 146 Å². The fourth-order valence-electron chi connectivity index (χ4n) is 3.10. The Hall–Kier alpha value is -2.75. The maximum absolute atomic E-state index is 10.5. The summed E-state index contributed by atoms with van der Waals surface area (Å²) in [6.45, 7) is 7.88. The van der Waals surface area contributed by atoms with Gasteiger partial charge in [0.25, 0.3) is 0 Å². The lowest BCUT2D eigenvalue weighted by molar-refractivity contribution is -0.0153. The monoisotopic (exact) mass is 336 g/mol. The second kappa shape index (κ2) is 6.28. The van der Waals surface area contributed by atoms with Crippen LogP contribution in [0.15, 0.2) is 40.5 Å². The van der Waals surface area contributed by atoms with Crippen molar-refractivity contribution in [3.63, 3.8) is 0 Å². The highest BCUT2D eigenvalue weighted by Crippen LogP contribution is 2.35. The van der Waals surface area contributed by atoms with Gasteiger partial charge in [-0.05, 0) is 49.4 Å². The van der Waals surface area contributed by atoms with E-state index < -0.39 is 5.60 Å². The number of aromatic nitrogens is 2. The lowest BCUT2D eigenvalue weighted by atomic mass is 9.86. The smallest absolute Gasteiger partial charge is 0.170 e. The van der Waals surface area contributed by atoms with Gasteiger partial charge in [0.05, 0.1) is 18.7 Å². The quantitative estimate of drug-likeness (QED) is 0.873. The summed E-state index contributed by atoms with van der Waals surface area (Å²) in [5.41, 5.74) is 3.74. The number of hydrogen-bond acceptors (Lipinski definition) is 5. The number of nitriles is 1. The minimum absolute atomic E-state index is 0.267. The summed E-state index contributed by atoms with van der Waals surface area (Å²) in [4.78, 5) is 3.94. The maximum Gasteiger partial charge on any atom is 0.170 e. The van der Waals surface area contributed by atoms with Crippen LogP contribution in [0.4, 0.5) is 0 Å². The number of benzene rings is 1. The normalized spacial score (nSPS) is 21.5. The third-order valence-electron chi connectivity index (χ3n) is 4.70. The average Bonchev–Trinajstić information content (AvgIpc) is 2.91. The van der Waals surface area contributed by atoms with Gasteiger partial charge in [-0.15, -0.1) is 0 Å². The fourth-order valence-corrected chi connectivity index (χ4v) is 3.10. The molecule has 25 heavy (non-hydrogen) atoms. The third kappa shape index (κ3) is 2.88. The number of aliphatic hydroxyl groups is 1. The molecular formula is C19H20N4O2. The molecule has 6 nitrogen and oxygen atoms in total. The molecule has 1 N–H and O–H groups in total. The van der Waals surface area contributed by atoms with E-state index in [0.29, 0.717) is 12.3 Å². The van der Waals surface area contributed by atoms with E-state index in [1.54, 1.807) is 24.9 Å². The molecule has 1 aliphatic rings. The highest BCUT2D eigenvalue weighted by Gasteiger charge is 2.31. The molecule has 1 unspecified atom stereocenters. The number of rotatable bonds is 3. The van der Waals surface area contributed by atoms with Crippen LogP contribution in [-0.4, -0.2) is 40.4 Å². The molecule has 3 rings (SSSR count). The van der Waals surface area contributed by atoms with Crippen molar-refractivity contribution >= 4 is 23.2 Å². The van der Waals surface area contributed by atoms with Crippen LogP contribution in [0.1, 0.15) is 25.1 Å². The Morgan fingerprint density at radius 3 is 3.00 bits per heavy atom. The van der Waals surface area contributed by atoms with Gasteiger partial charge in [0.1, 0.15) is 11.7 Å². The first-order valence-electron chi connectivity index (χ1n) is 7.93. The zero-order chi connectivity index (χ0) is 18.2. The zero-order valence-corrected chi connectivity index (χ0v) is 14.6. The molecule has 6 heteroatoms. The van der Waals surface area contributed by atoms with Crippen molar-refractivity contribution in [1.82, 2.24) is 9.78 Å². The van der Waals surface area contributed by atoms with Crippen LogP contribution in [0, 0.1) is 11.3 Å². The van der Waals surface area contributed by atoms with Crippen molar-refractivity contribution in [1.29, 1.82) is 5.26 Å². The SMILES string of the molecule is C=N/C=C(\C1=C(C)C(C)(O)COC1)c1ccc2c(C#N)nn(C)c2c1. The van der Waals surface area contributed by atoms with Gasteiger partial charge in [0.2, 0.25) is 0 Å². The van der Waals surface area contributed by atoms with E-state index in [-0.39, 0.29) is 6.61 Å². The third-order valence-corrected chi connectivity index (χ3v) is 4.70. The van der Waals surface area contributed by atoms with Crippen LogP contribution in [-0.2, 0) is 11.8 Å². The second-order valence-corrected chi connectivity index (χ2v) is 6.41. The van der Waals surface area contributed by atoms with E-state index in [9.17, 15) is 10.4 Å². The van der Waals surface area contributed by atoms with Crippen LogP contribution >= 0.6 is 0 Å². The Balaban J connectivity index is 2.19. The predicted octanol–water partition coefficient (Wildman–Crippen LogP) is 2.58. The Bertz CT molecular complexity index is 958. The van der Waals surface area contributed by atoms with Crippen molar-refractivity contribution < 1.29 is 9.84 Å². The summed E-state index contributed by atoms with van der Waals surface area (Å²) in [6.07, 6.45) is 1.67. The topological polar surface area (TPSA) is 83.4 Å². The molecule has 2 aromatic rings. The van der Waals surface area contributed by atoms with Crippen LogP contribution in [0.25, 0.3) is 16.5 Å². The molecule has 128 valence electrons. The van der Waals surface area contributed by atoms with E-state index in [1.165, 1.54) is 0 Å². The van der Waals surface area contributed by atoms with Crippen LogP contribution in [0.5, 0.6) is 0 Å². The molecule has 1 atom stereocenters. The van der Waals surface area contributed by atoms with Gasteiger partial charge in [-0.25, -0.2) is 0 Å². The summed E-state index contributed by atoms with van der Waals surface area (Å²) in [7, 11) is 1.81. The standard InChI is InChI=1S/C19H20N4O2/c1-12-16(10-25-11-19(12,2)24)15(9-21-3)13-5-6-14-17(8-20)22-23(4)18(14)7-13/h5-7,9,24H,3,10-11H2,1-2,4H3/b15-9-. The highest BCUT2D eigenvalue weighted by atomic mass is 16.5. The molecule has 0 aliphatic carbocycles. The van der Waals surface area contributed by atoms with E-state index in [0.717, 1.165) is 33.2 Å². The van der Waals surface area contributed by atoms with Gasteiger partial charge in [0, 0.05) is 24.2 Å². The molecule has 0 spiro atoms. The number of ether oxygens (including phenoxy) is 1. The van der Waals surface area contributed by atoms with E-state index in [2.05, 4.69) is 22.9 Å². The van der Waals surface area contributed by atoms with Gasteiger partial charge in [0.15, 0.2) is 5.69 Å². The molecule has 2 heterocycles. The minimum atomic E-state index is -1.02. The number of hydrogen-bond donors (Lipinski definition) is 1. The largest absolute Gasteiger partial charge is 0.383 e. The van der Waals surface area contributed by atoms with Crippen molar-refractivity contribution in [3.05, 3.63) is 46.8 Å². The van der Waals surface area contributed by atoms with Crippen molar-refractivity contribution in [2.75, 3.05) is 13.2 Å². The first kappa shape index (κ1) is 17.1. The second-order valence-electron chi connectivity index (χ2n) is 6.41. The first-order chi connectivity index (χ1) is 11.9. The molecule has 1 aromatic carbocycles. The van der Waals surface area contributed by atoms with Crippen LogP contribution in [0.2, 0.25) is 0 Å². The summed E-state index contributed by atoms with van der Waals surface area (Å²) >= 11 is 0. The average molecular weight is 336 g/mol. The summed E-state index contributed by atoms with van der Waals surface area (Å²) in [6, 6.07) is 7.87. The van der Waals surface area contributed by atoms with Crippen molar-refractivity contribution in [2.24, 2.45) is 12.0 Å². The van der Waals surface area contributed by atoms with E-state index in [4.69, 9.17) is 4.74 Å². The van der Waals surface area contributed by atoms with Crippen LogP contribution in [0.3, 0.4) is 0 Å². The Kier molecular flexibility index (Phi) is 4.29. The van der Waals surface area contributed by atoms with Gasteiger partial charge in [-0.3, -0.25) is 9.67 Å².